The van der Waals surface area contributed by atoms with Gasteiger partial charge in [0, 0.05) is 18.8 Å². The normalized spacial score (nSPS) is 19.6. The molecule has 1 saturated heterocycles. The SMILES string of the molecule is Cc1cc(S(=O)(=O)N2CCNC(=O)C2(C)C)ccc1N. The Morgan fingerprint density at radius 1 is 1.35 bits per heavy atom. The Bertz CT molecular complexity index is 653. The van der Waals surface area contributed by atoms with Crippen LogP contribution in [0.5, 0.6) is 0 Å². The average molecular weight is 297 g/mol. The number of hydrogen-bond acceptors (Lipinski definition) is 4. The van der Waals surface area contributed by atoms with Crippen LogP contribution in [0, 0.1) is 6.92 Å². The van der Waals surface area contributed by atoms with Crippen molar-refractivity contribution in [3.8, 4) is 0 Å². The van der Waals surface area contributed by atoms with E-state index in [1.165, 1.54) is 16.4 Å². The van der Waals surface area contributed by atoms with Crippen molar-refractivity contribution >= 4 is 21.6 Å². The molecule has 0 atom stereocenters. The van der Waals surface area contributed by atoms with Gasteiger partial charge in [-0.25, -0.2) is 8.42 Å². The summed E-state index contributed by atoms with van der Waals surface area (Å²) in [4.78, 5) is 12.0. The molecule has 1 amide bonds. The maximum atomic E-state index is 12.7. The highest BCUT2D eigenvalue weighted by atomic mass is 32.2. The van der Waals surface area contributed by atoms with Crippen molar-refractivity contribution in [1.82, 2.24) is 9.62 Å². The molecular weight excluding hydrogens is 278 g/mol. The van der Waals surface area contributed by atoms with E-state index in [4.69, 9.17) is 5.73 Å². The van der Waals surface area contributed by atoms with Gasteiger partial charge in [0.05, 0.1) is 4.90 Å². The van der Waals surface area contributed by atoms with E-state index in [1.54, 1.807) is 26.8 Å². The molecule has 6 nitrogen and oxygen atoms in total. The minimum absolute atomic E-state index is 0.159. The van der Waals surface area contributed by atoms with Crippen molar-refractivity contribution in [2.24, 2.45) is 0 Å². The first-order valence-corrected chi connectivity index (χ1v) is 7.78. The van der Waals surface area contributed by atoms with Gasteiger partial charge in [-0.1, -0.05) is 0 Å². The first-order valence-electron chi connectivity index (χ1n) is 6.34. The molecule has 1 heterocycles. The molecule has 110 valence electrons. The zero-order chi connectivity index (χ0) is 15.1. The molecule has 1 aliphatic heterocycles. The number of carbonyl (C=O) groups is 1. The zero-order valence-electron chi connectivity index (χ0n) is 11.8. The second kappa shape index (κ2) is 4.75. The Kier molecular flexibility index (Phi) is 3.51. The van der Waals surface area contributed by atoms with Crippen LogP contribution < -0.4 is 11.1 Å². The maximum absolute atomic E-state index is 12.7. The second-order valence-corrected chi connectivity index (χ2v) is 7.27. The number of sulfonamides is 1. The number of nitrogen functional groups attached to an aromatic ring is 1. The Balaban J connectivity index is 2.49. The lowest BCUT2D eigenvalue weighted by Crippen LogP contribution is -2.63. The molecule has 1 aliphatic rings. The van der Waals surface area contributed by atoms with Crippen molar-refractivity contribution in [2.75, 3.05) is 18.8 Å². The molecular formula is C13H19N3O3S. The highest BCUT2D eigenvalue weighted by molar-refractivity contribution is 7.89. The summed E-state index contributed by atoms with van der Waals surface area (Å²) in [6.45, 7) is 5.52. The van der Waals surface area contributed by atoms with E-state index in [0.717, 1.165) is 0 Å². The molecule has 0 aromatic heterocycles. The number of carbonyl (C=O) groups excluding carboxylic acids is 1. The van der Waals surface area contributed by atoms with Gasteiger partial charge in [-0.05, 0) is 44.5 Å². The Morgan fingerprint density at radius 2 is 2.00 bits per heavy atom. The number of nitrogens with zero attached hydrogens (tertiary/aromatic N) is 1. The molecule has 1 fully saturated rings. The molecule has 3 N–H and O–H groups in total. The molecule has 0 bridgehead atoms. The van der Waals surface area contributed by atoms with Crippen molar-refractivity contribution < 1.29 is 13.2 Å². The van der Waals surface area contributed by atoms with Crippen molar-refractivity contribution in [2.45, 2.75) is 31.2 Å². The predicted octanol–water partition coefficient (Wildman–Crippen LogP) is 0.476. The van der Waals surface area contributed by atoms with Crippen LogP contribution in [-0.4, -0.2) is 37.3 Å². The standard InChI is InChI=1S/C13H19N3O3S/c1-9-8-10(4-5-11(9)14)20(18,19)16-7-6-15-12(17)13(16,2)3/h4-5,8H,6-7,14H2,1-3H3,(H,15,17). The van der Waals surface area contributed by atoms with E-state index in [0.29, 0.717) is 17.8 Å². The summed E-state index contributed by atoms with van der Waals surface area (Å²) in [5.41, 5.74) is 5.85. The molecule has 1 aromatic carbocycles. The Labute approximate surface area is 119 Å². The van der Waals surface area contributed by atoms with E-state index >= 15 is 0 Å². The number of benzene rings is 1. The summed E-state index contributed by atoms with van der Waals surface area (Å²) in [5, 5.41) is 2.68. The summed E-state index contributed by atoms with van der Waals surface area (Å²) < 4.78 is 26.7. The molecule has 7 heteroatoms. The van der Waals surface area contributed by atoms with Crippen LogP contribution in [0.25, 0.3) is 0 Å². The number of hydrogen-bond donors (Lipinski definition) is 2. The number of nitrogens with two attached hydrogens (primary N) is 1. The Hall–Kier alpha value is -1.60. The van der Waals surface area contributed by atoms with E-state index in [9.17, 15) is 13.2 Å². The molecule has 0 saturated carbocycles. The number of aryl methyl sites for hydroxylation is 1. The predicted molar refractivity (Wildman–Crippen MR) is 76.6 cm³/mol. The van der Waals surface area contributed by atoms with E-state index in [-0.39, 0.29) is 17.3 Å². The summed E-state index contributed by atoms with van der Waals surface area (Å²) >= 11 is 0. The maximum Gasteiger partial charge on any atom is 0.244 e. The summed E-state index contributed by atoms with van der Waals surface area (Å²) in [6, 6.07) is 4.58. The van der Waals surface area contributed by atoms with E-state index < -0.39 is 15.6 Å². The highest BCUT2D eigenvalue weighted by Crippen LogP contribution is 2.28. The number of amides is 1. The van der Waals surface area contributed by atoms with Gasteiger partial charge in [0.15, 0.2) is 0 Å². The first-order chi connectivity index (χ1) is 9.17. The fraction of sp³-hybridized carbons (Fsp3) is 0.462. The van der Waals surface area contributed by atoms with Crippen LogP contribution in [0.2, 0.25) is 0 Å². The van der Waals surface area contributed by atoms with Gasteiger partial charge < -0.3 is 11.1 Å². The van der Waals surface area contributed by atoms with Crippen LogP contribution in [0.15, 0.2) is 23.1 Å². The van der Waals surface area contributed by atoms with Crippen molar-refractivity contribution in [3.05, 3.63) is 23.8 Å². The molecule has 0 aliphatic carbocycles. The number of rotatable bonds is 2. The van der Waals surface area contributed by atoms with Crippen LogP contribution in [0.3, 0.4) is 0 Å². The van der Waals surface area contributed by atoms with Gasteiger partial charge in [0.1, 0.15) is 5.54 Å². The lowest BCUT2D eigenvalue weighted by molar-refractivity contribution is -0.131. The lowest BCUT2D eigenvalue weighted by Gasteiger charge is -2.39. The third-order valence-electron chi connectivity index (χ3n) is 3.61. The van der Waals surface area contributed by atoms with Gasteiger partial charge >= 0.3 is 0 Å². The van der Waals surface area contributed by atoms with Crippen molar-refractivity contribution in [3.63, 3.8) is 0 Å². The quantitative estimate of drug-likeness (QED) is 0.776. The minimum atomic E-state index is -3.72. The zero-order valence-corrected chi connectivity index (χ0v) is 12.6. The number of nitrogens with one attached hydrogen (secondary N) is 1. The first kappa shape index (κ1) is 14.8. The summed E-state index contributed by atoms with van der Waals surface area (Å²) in [7, 11) is -3.72. The molecule has 0 radical (unpaired) electrons. The Morgan fingerprint density at radius 3 is 2.60 bits per heavy atom. The van der Waals surface area contributed by atoms with Crippen LogP contribution in [0.4, 0.5) is 5.69 Å². The van der Waals surface area contributed by atoms with Gasteiger partial charge in [0.25, 0.3) is 0 Å². The third kappa shape index (κ3) is 2.27. The van der Waals surface area contributed by atoms with Gasteiger partial charge in [-0.3, -0.25) is 4.79 Å². The van der Waals surface area contributed by atoms with Gasteiger partial charge in [-0.15, -0.1) is 0 Å². The molecule has 0 spiro atoms. The molecule has 0 unspecified atom stereocenters. The largest absolute Gasteiger partial charge is 0.399 e. The van der Waals surface area contributed by atoms with Crippen molar-refractivity contribution in [1.29, 1.82) is 0 Å². The highest BCUT2D eigenvalue weighted by Gasteiger charge is 2.44. The van der Waals surface area contributed by atoms with Crippen LogP contribution in [-0.2, 0) is 14.8 Å². The van der Waals surface area contributed by atoms with Gasteiger partial charge in [0.2, 0.25) is 15.9 Å². The van der Waals surface area contributed by atoms with Crippen LogP contribution >= 0.6 is 0 Å². The molecule has 20 heavy (non-hydrogen) atoms. The third-order valence-corrected chi connectivity index (χ3v) is 5.68. The number of anilines is 1. The monoisotopic (exact) mass is 297 g/mol. The van der Waals surface area contributed by atoms with Gasteiger partial charge in [-0.2, -0.15) is 4.31 Å². The fourth-order valence-corrected chi connectivity index (χ4v) is 4.07. The lowest BCUT2D eigenvalue weighted by atomic mass is 10.0. The smallest absolute Gasteiger partial charge is 0.244 e. The number of piperazine rings is 1. The van der Waals surface area contributed by atoms with E-state index in [2.05, 4.69) is 5.32 Å². The van der Waals surface area contributed by atoms with Crippen LogP contribution in [0.1, 0.15) is 19.4 Å². The average Bonchev–Trinajstić information content (AvgIpc) is 2.35. The summed E-state index contributed by atoms with van der Waals surface area (Å²) in [5.74, 6) is -0.292. The minimum Gasteiger partial charge on any atom is -0.399 e. The topological polar surface area (TPSA) is 92.5 Å². The fourth-order valence-electron chi connectivity index (χ4n) is 2.24. The molecule has 2 rings (SSSR count). The van der Waals surface area contributed by atoms with E-state index in [1.807, 2.05) is 0 Å². The molecule has 1 aromatic rings. The summed E-state index contributed by atoms with van der Waals surface area (Å²) in [6.07, 6.45) is 0. The second-order valence-electron chi connectivity index (χ2n) is 5.41.